The predicted octanol–water partition coefficient (Wildman–Crippen LogP) is 12.1. The molecule has 58 heavy (non-hydrogen) atoms. The summed E-state index contributed by atoms with van der Waals surface area (Å²) in [6.45, 7) is 2.45. The Bertz CT molecular complexity index is 3570. The molecule has 1 aliphatic heterocycles. The van der Waals surface area contributed by atoms with Gasteiger partial charge in [0.2, 0.25) is 0 Å². The molecule has 276 valence electrons. The fourth-order valence-electron chi connectivity index (χ4n) is 11.2. The highest BCUT2D eigenvalue weighted by molar-refractivity contribution is 6.29. The number of nitrogens with one attached hydrogen (secondary N) is 1. The molecule has 4 heterocycles. The summed E-state index contributed by atoms with van der Waals surface area (Å²) >= 11 is 0. The number of rotatable bonds is 4. The second kappa shape index (κ2) is 12.1. The van der Waals surface area contributed by atoms with Gasteiger partial charge in [-0.25, -0.2) is 0 Å². The van der Waals surface area contributed by atoms with E-state index in [0.717, 1.165) is 19.3 Å². The van der Waals surface area contributed by atoms with Crippen molar-refractivity contribution in [2.24, 2.45) is 5.92 Å². The van der Waals surface area contributed by atoms with E-state index in [1.54, 1.807) is 0 Å². The number of para-hydroxylation sites is 3. The first-order valence-electron chi connectivity index (χ1n) is 21.0. The van der Waals surface area contributed by atoms with Crippen molar-refractivity contribution in [1.29, 1.82) is 0 Å². The van der Waals surface area contributed by atoms with Crippen LogP contribution in [0.5, 0.6) is 0 Å². The average molecular weight is 744 g/mol. The molecule has 0 saturated carbocycles. The fraction of sp³-hybridized carbons (Fsp3) is 0.127. The van der Waals surface area contributed by atoms with Crippen LogP contribution in [0.3, 0.4) is 0 Å². The lowest BCUT2D eigenvalue weighted by Crippen LogP contribution is -2.44. The minimum absolute atomic E-state index is 0.267. The zero-order valence-electron chi connectivity index (χ0n) is 32.4. The van der Waals surface area contributed by atoms with Crippen LogP contribution in [0.25, 0.3) is 93.7 Å². The van der Waals surface area contributed by atoms with Crippen molar-refractivity contribution in [3.05, 3.63) is 185 Å². The third-order valence-electron chi connectivity index (χ3n) is 13.8. The normalized spacial score (nSPS) is 19.4. The Labute approximate surface area is 336 Å². The maximum Gasteiger partial charge on any atom is 0.119 e. The molecule has 0 radical (unpaired) electrons. The van der Waals surface area contributed by atoms with E-state index < -0.39 is 0 Å². The number of fused-ring (bicyclic) bond motifs is 15. The van der Waals surface area contributed by atoms with E-state index in [0.29, 0.717) is 11.8 Å². The highest BCUT2D eigenvalue weighted by atomic mass is 15.2. The van der Waals surface area contributed by atoms with Gasteiger partial charge in [-0.2, -0.15) is 0 Å². The Hall–Kier alpha value is -6.84. The van der Waals surface area contributed by atoms with E-state index >= 15 is 0 Å². The predicted molar refractivity (Wildman–Crippen MR) is 244 cm³/mol. The number of hydrogen-bond acceptors (Lipinski definition) is 1. The largest absolute Gasteiger partial charge is 0.368 e. The summed E-state index contributed by atoms with van der Waals surface area (Å²) in [6.07, 6.45) is 5.62. The average Bonchev–Trinajstić information content (AvgIpc) is 3.98. The molecule has 11 aromatic rings. The first kappa shape index (κ1) is 32.3. The zero-order chi connectivity index (χ0) is 38.1. The fourth-order valence-corrected chi connectivity index (χ4v) is 11.2. The Morgan fingerprint density at radius 3 is 2.02 bits per heavy atom. The van der Waals surface area contributed by atoms with Crippen molar-refractivity contribution in [2.45, 2.75) is 38.1 Å². The number of hydrogen-bond donors (Lipinski definition) is 1. The third-order valence-corrected chi connectivity index (χ3v) is 13.8. The number of nitrogens with zero attached hydrogens (tertiary/aromatic N) is 2. The molecule has 1 aliphatic carbocycles. The van der Waals surface area contributed by atoms with Gasteiger partial charge < -0.3 is 9.72 Å². The standard InChI is InChI=1S/C55H41N3/c1-33-26-27-34-14-4-5-17-37(34)55(58-48-23-11-8-19-40(48)41-20-9-12-24-49(41)58)56-47(33)29-28-39-38-18-6-7-21-42(38)52-45(39)32-46-44-30-35-15-2-3-16-36(35)31-51(44)57-50-25-13-10-22-43(50)53(52)54(46)57/h2-25,27,30-33,39,47,56H,26,28-29H2,1H3/b34-27+,55-37+. The molecule has 3 unspecified atom stereocenters. The van der Waals surface area contributed by atoms with Crippen LogP contribution in [-0.4, -0.2) is 15.0 Å². The smallest absolute Gasteiger partial charge is 0.119 e. The SMILES string of the molecule is CC1C/C=c2\cccc\c2=C(/n2c3ccccc3c3ccccc32)NC1CCC1c2ccccc2-c2c1cc1c3cc4ccccc4cc3n3c4ccccc4c2c13. The van der Waals surface area contributed by atoms with Crippen molar-refractivity contribution in [3.63, 3.8) is 0 Å². The van der Waals surface area contributed by atoms with Crippen molar-refractivity contribution >= 4 is 82.6 Å². The minimum Gasteiger partial charge on any atom is -0.368 e. The second-order valence-corrected chi connectivity index (χ2v) is 16.9. The molecule has 0 spiro atoms. The third kappa shape index (κ3) is 4.39. The lowest BCUT2D eigenvalue weighted by Gasteiger charge is -2.30. The summed E-state index contributed by atoms with van der Waals surface area (Å²) in [5, 5.41) is 17.5. The van der Waals surface area contributed by atoms with Crippen LogP contribution < -0.4 is 15.8 Å². The summed E-state index contributed by atoms with van der Waals surface area (Å²) in [5.41, 5.74) is 12.2. The molecule has 3 heteroatoms. The number of aromatic nitrogens is 2. The van der Waals surface area contributed by atoms with Gasteiger partial charge in [0.05, 0.1) is 27.6 Å². The van der Waals surface area contributed by atoms with Crippen LogP contribution in [0.4, 0.5) is 0 Å². The van der Waals surface area contributed by atoms with E-state index in [9.17, 15) is 0 Å². The van der Waals surface area contributed by atoms with Gasteiger partial charge in [0, 0.05) is 49.5 Å². The Kier molecular flexibility index (Phi) is 6.72. The van der Waals surface area contributed by atoms with E-state index in [2.05, 4.69) is 191 Å². The molecule has 0 bridgehead atoms. The summed E-state index contributed by atoms with van der Waals surface area (Å²) in [4.78, 5) is 0. The van der Waals surface area contributed by atoms with Crippen LogP contribution in [0.1, 0.15) is 43.2 Å². The molecule has 2 aliphatic rings. The quantitative estimate of drug-likeness (QED) is 0.190. The van der Waals surface area contributed by atoms with Crippen molar-refractivity contribution in [1.82, 2.24) is 14.3 Å². The molecule has 0 fully saturated rings. The summed E-state index contributed by atoms with van der Waals surface area (Å²) in [6, 6.07) is 61.6. The minimum atomic E-state index is 0.267. The lowest BCUT2D eigenvalue weighted by molar-refractivity contribution is 0.382. The van der Waals surface area contributed by atoms with Crippen LogP contribution >= 0.6 is 0 Å². The number of benzene rings is 8. The highest BCUT2D eigenvalue weighted by Gasteiger charge is 2.34. The van der Waals surface area contributed by atoms with E-state index in [-0.39, 0.29) is 6.04 Å². The maximum absolute atomic E-state index is 4.29. The van der Waals surface area contributed by atoms with Crippen LogP contribution in [0, 0.1) is 5.92 Å². The highest BCUT2D eigenvalue weighted by Crippen LogP contribution is 2.54. The Morgan fingerprint density at radius 1 is 0.552 bits per heavy atom. The molecule has 8 aromatic carbocycles. The summed E-state index contributed by atoms with van der Waals surface area (Å²) in [5.74, 6) is 1.91. The lowest BCUT2D eigenvalue weighted by atomic mass is 9.85. The van der Waals surface area contributed by atoms with E-state index in [1.165, 1.54) is 109 Å². The summed E-state index contributed by atoms with van der Waals surface area (Å²) in [7, 11) is 0. The topological polar surface area (TPSA) is 21.4 Å². The maximum atomic E-state index is 4.29. The monoisotopic (exact) mass is 743 g/mol. The molecule has 13 rings (SSSR count). The van der Waals surface area contributed by atoms with E-state index in [4.69, 9.17) is 0 Å². The van der Waals surface area contributed by atoms with Crippen molar-refractivity contribution in [2.75, 3.05) is 0 Å². The van der Waals surface area contributed by atoms with Gasteiger partial charge in [-0.1, -0.05) is 140 Å². The zero-order valence-corrected chi connectivity index (χ0v) is 32.4. The van der Waals surface area contributed by atoms with Crippen LogP contribution in [-0.2, 0) is 0 Å². The molecule has 3 aromatic heterocycles. The van der Waals surface area contributed by atoms with Crippen molar-refractivity contribution in [3.8, 4) is 11.1 Å². The second-order valence-electron chi connectivity index (χ2n) is 16.9. The van der Waals surface area contributed by atoms with Gasteiger partial charge >= 0.3 is 0 Å². The summed E-state index contributed by atoms with van der Waals surface area (Å²) < 4.78 is 5.05. The van der Waals surface area contributed by atoms with Gasteiger partial charge in [-0.05, 0) is 99.8 Å². The van der Waals surface area contributed by atoms with Crippen LogP contribution in [0.2, 0.25) is 0 Å². The molecule has 1 N–H and O–H groups in total. The molecule has 3 atom stereocenters. The van der Waals surface area contributed by atoms with Crippen LogP contribution in [0.15, 0.2) is 164 Å². The first-order chi connectivity index (χ1) is 28.7. The molecular formula is C55H41N3. The molecular weight excluding hydrogens is 703 g/mol. The van der Waals surface area contributed by atoms with E-state index in [1.807, 2.05) is 0 Å². The Balaban J connectivity index is 0.988. The van der Waals surface area contributed by atoms with Crippen molar-refractivity contribution < 1.29 is 0 Å². The molecule has 3 nitrogen and oxygen atoms in total. The van der Waals surface area contributed by atoms with Gasteiger partial charge in [0.15, 0.2) is 0 Å². The van der Waals surface area contributed by atoms with Gasteiger partial charge in [0.25, 0.3) is 0 Å². The van der Waals surface area contributed by atoms with Gasteiger partial charge in [-0.15, -0.1) is 0 Å². The van der Waals surface area contributed by atoms with Gasteiger partial charge in [-0.3, -0.25) is 4.57 Å². The molecule has 0 saturated heterocycles. The Morgan fingerprint density at radius 2 is 1.21 bits per heavy atom. The molecule has 0 amide bonds. The van der Waals surface area contributed by atoms with Gasteiger partial charge in [0.1, 0.15) is 5.82 Å². The first-order valence-corrected chi connectivity index (χ1v) is 21.0.